The summed E-state index contributed by atoms with van der Waals surface area (Å²) in [5.41, 5.74) is 1.25. The normalized spacial score (nSPS) is 11.9. The van der Waals surface area contributed by atoms with E-state index >= 15 is 0 Å². The van der Waals surface area contributed by atoms with Crippen LogP contribution >= 0.6 is 0 Å². The second-order valence-corrected chi connectivity index (χ2v) is 16.6. The molecule has 0 amide bonds. The Morgan fingerprint density at radius 2 is 1.44 bits per heavy atom. The monoisotopic (exact) mass is 243 g/mol. The molecule has 4 heteroatoms. The maximum atomic E-state index is 4.54. The molecular formula is C12H22LiNSi2. The van der Waals surface area contributed by atoms with Crippen LogP contribution in [0.25, 0.3) is 0 Å². The molecule has 16 heavy (non-hydrogen) atoms. The number of hydrogen-bond acceptors (Lipinski definition) is 1. The van der Waals surface area contributed by atoms with Crippen molar-refractivity contribution < 1.29 is 18.9 Å². The summed E-state index contributed by atoms with van der Waals surface area (Å²) in [7, 11) is -2.49. The summed E-state index contributed by atoms with van der Waals surface area (Å²) in [5.74, 6) is 0. The van der Waals surface area contributed by atoms with Gasteiger partial charge in [-0.05, 0) is 16.1 Å². The molecule has 0 unspecified atom stereocenters. The van der Waals surface area contributed by atoms with E-state index in [2.05, 4.69) is 56.4 Å². The van der Waals surface area contributed by atoms with Crippen LogP contribution in [0.15, 0.2) is 24.4 Å². The SMILES string of the molecule is C[Si](C)(C)[C-](c1ccccn1)[Si](C)(C)C.[Li+]. The number of hydrogen-bond donors (Lipinski definition) is 0. The predicted molar refractivity (Wildman–Crippen MR) is 73.3 cm³/mol. The van der Waals surface area contributed by atoms with Crippen molar-refractivity contribution in [3.05, 3.63) is 35.3 Å². The summed E-state index contributed by atoms with van der Waals surface area (Å²) in [6.07, 6.45) is 1.91. The number of pyridine rings is 1. The fourth-order valence-corrected chi connectivity index (χ4v) is 13.2. The molecule has 0 saturated heterocycles. The Balaban J connectivity index is 0.00000225. The molecule has 0 N–H and O–H groups in total. The minimum Gasteiger partial charge on any atom is -0.296 e. The molecule has 1 nitrogen and oxygen atoms in total. The Kier molecular flexibility index (Phi) is 5.61. The molecule has 0 saturated carbocycles. The average Bonchev–Trinajstić information content (AvgIpc) is 2.00. The largest absolute Gasteiger partial charge is 1.00 e. The fourth-order valence-electron chi connectivity index (χ4n) is 2.40. The van der Waals surface area contributed by atoms with Crippen LogP contribution in [0.3, 0.4) is 0 Å². The van der Waals surface area contributed by atoms with E-state index in [1.165, 1.54) is 5.69 Å². The second kappa shape index (κ2) is 5.59. The van der Waals surface area contributed by atoms with Gasteiger partial charge in [0.15, 0.2) is 0 Å². The van der Waals surface area contributed by atoms with Gasteiger partial charge in [-0.25, -0.2) is 0 Å². The zero-order chi connectivity index (χ0) is 11.7. The molecule has 1 rings (SSSR count). The molecule has 0 bridgehead atoms. The van der Waals surface area contributed by atoms with Crippen LogP contribution in [0.5, 0.6) is 0 Å². The van der Waals surface area contributed by atoms with Crippen molar-refractivity contribution in [3.8, 4) is 0 Å². The van der Waals surface area contributed by atoms with Gasteiger partial charge in [0, 0.05) is 6.20 Å². The van der Waals surface area contributed by atoms with E-state index < -0.39 is 16.1 Å². The van der Waals surface area contributed by atoms with Crippen LogP contribution in [0.2, 0.25) is 39.3 Å². The van der Waals surface area contributed by atoms with E-state index in [0.29, 0.717) is 0 Å². The van der Waals surface area contributed by atoms with Crippen molar-refractivity contribution in [2.45, 2.75) is 39.3 Å². The summed E-state index contributed by atoms with van der Waals surface area (Å²) in [6.45, 7) is 14.6. The van der Waals surface area contributed by atoms with Gasteiger partial charge >= 0.3 is 18.9 Å². The van der Waals surface area contributed by atoms with Crippen LogP contribution < -0.4 is 18.9 Å². The molecule has 0 atom stereocenters. The summed E-state index contributed by atoms with van der Waals surface area (Å²) >= 11 is 0. The maximum Gasteiger partial charge on any atom is 1.00 e. The molecule has 1 aromatic heterocycles. The Hall–Kier alpha value is 0.0512. The Morgan fingerprint density at radius 3 is 1.75 bits per heavy atom. The first-order valence-electron chi connectivity index (χ1n) is 5.52. The van der Waals surface area contributed by atoms with Crippen molar-refractivity contribution in [1.82, 2.24) is 4.98 Å². The zero-order valence-electron chi connectivity index (χ0n) is 11.8. The average molecular weight is 243 g/mol. The van der Waals surface area contributed by atoms with Gasteiger partial charge in [-0.3, -0.25) is 4.98 Å². The van der Waals surface area contributed by atoms with Crippen LogP contribution in [0.4, 0.5) is 0 Å². The van der Waals surface area contributed by atoms with Gasteiger partial charge in [-0.15, -0.1) is 11.8 Å². The first-order chi connectivity index (χ1) is 6.73. The molecule has 1 heterocycles. The van der Waals surface area contributed by atoms with Gasteiger partial charge in [-0.2, -0.15) is 11.2 Å². The van der Waals surface area contributed by atoms with E-state index in [0.717, 1.165) is 0 Å². The molecule has 1 aromatic rings. The third-order valence-corrected chi connectivity index (χ3v) is 10.4. The third-order valence-electron chi connectivity index (χ3n) is 2.42. The van der Waals surface area contributed by atoms with Gasteiger partial charge in [-0.1, -0.05) is 45.3 Å². The van der Waals surface area contributed by atoms with Crippen molar-refractivity contribution in [3.63, 3.8) is 0 Å². The minimum absolute atomic E-state index is 0. The number of aromatic nitrogens is 1. The van der Waals surface area contributed by atoms with Gasteiger partial charge in [0.1, 0.15) is 0 Å². The first-order valence-corrected chi connectivity index (χ1v) is 12.5. The van der Waals surface area contributed by atoms with Crippen molar-refractivity contribution in [2.75, 3.05) is 0 Å². The quantitative estimate of drug-likeness (QED) is 0.564. The van der Waals surface area contributed by atoms with Crippen LogP contribution in [0.1, 0.15) is 5.69 Å². The summed E-state index contributed by atoms with van der Waals surface area (Å²) in [6, 6.07) is 6.27. The van der Waals surface area contributed by atoms with E-state index in [-0.39, 0.29) is 18.9 Å². The van der Waals surface area contributed by atoms with Gasteiger partial charge in [0.2, 0.25) is 0 Å². The first kappa shape index (κ1) is 16.1. The van der Waals surface area contributed by atoms with Crippen LogP contribution in [0, 0.1) is 5.16 Å². The Bertz CT molecular complexity index is 300. The molecule has 0 aliphatic heterocycles. The summed E-state index contributed by atoms with van der Waals surface area (Å²) < 4.78 is 0. The molecule has 0 aliphatic carbocycles. The minimum atomic E-state index is -1.25. The van der Waals surface area contributed by atoms with Crippen molar-refractivity contribution in [2.24, 2.45) is 0 Å². The predicted octanol–water partition coefficient (Wildman–Crippen LogP) is 0.763. The van der Waals surface area contributed by atoms with E-state index in [1.54, 1.807) is 5.16 Å². The zero-order valence-corrected chi connectivity index (χ0v) is 13.8. The van der Waals surface area contributed by atoms with E-state index in [4.69, 9.17) is 0 Å². The molecule has 0 aromatic carbocycles. The molecule has 84 valence electrons. The van der Waals surface area contributed by atoms with Crippen LogP contribution in [-0.2, 0) is 0 Å². The maximum absolute atomic E-state index is 4.54. The van der Waals surface area contributed by atoms with Gasteiger partial charge < -0.3 is 0 Å². The van der Waals surface area contributed by atoms with E-state index in [1.807, 2.05) is 12.3 Å². The smallest absolute Gasteiger partial charge is 0.296 e. The van der Waals surface area contributed by atoms with E-state index in [9.17, 15) is 0 Å². The second-order valence-electron chi connectivity index (χ2n) is 6.09. The third kappa shape index (κ3) is 4.14. The molecular weight excluding hydrogens is 221 g/mol. The number of rotatable bonds is 3. The summed E-state index contributed by atoms with van der Waals surface area (Å²) in [4.78, 5) is 4.54. The fraction of sp³-hybridized carbons (Fsp3) is 0.500. The summed E-state index contributed by atoms with van der Waals surface area (Å²) in [5, 5.41) is 1.69. The molecule has 0 fully saturated rings. The van der Waals surface area contributed by atoms with Gasteiger partial charge in [0.05, 0.1) is 0 Å². The molecule has 0 aliphatic rings. The van der Waals surface area contributed by atoms with Crippen LogP contribution in [-0.4, -0.2) is 21.1 Å². The van der Waals surface area contributed by atoms with Crippen molar-refractivity contribution in [1.29, 1.82) is 0 Å². The Morgan fingerprint density at radius 1 is 0.938 bits per heavy atom. The Labute approximate surface area is 114 Å². The van der Waals surface area contributed by atoms with Gasteiger partial charge in [0.25, 0.3) is 0 Å². The van der Waals surface area contributed by atoms with Crippen molar-refractivity contribution >= 4 is 16.1 Å². The molecule has 0 spiro atoms. The molecule has 0 radical (unpaired) electrons. The standard InChI is InChI=1S/C12H22NSi2.Li/c1-14(2,3)12(15(4,5)6)11-9-7-8-10-13-11;/h7-10H,1-6H3;/q-1;+1. The number of nitrogens with zero attached hydrogens (tertiary/aromatic N) is 1. The topological polar surface area (TPSA) is 12.9 Å².